The summed E-state index contributed by atoms with van der Waals surface area (Å²) in [6.45, 7) is 1.17. The Kier molecular flexibility index (Phi) is 5.40. The largest absolute Gasteiger partial charge is 0.352 e. The minimum Gasteiger partial charge on any atom is -0.352 e. The van der Waals surface area contributed by atoms with Gasteiger partial charge in [0.1, 0.15) is 0 Å². The number of hydrogen-bond donors (Lipinski definition) is 2. The van der Waals surface area contributed by atoms with E-state index in [4.69, 9.17) is 5.73 Å². The van der Waals surface area contributed by atoms with Gasteiger partial charge in [0.05, 0.1) is 0 Å². The predicted octanol–water partition coefficient (Wildman–Crippen LogP) is 0.879. The highest BCUT2D eigenvalue weighted by Crippen LogP contribution is 2.27. The molecule has 1 heterocycles. The Hall–Kier alpha value is -1.10. The summed E-state index contributed by atoms with van der Waals surface area (Å²) in [6.07, 6.45) is 7.20. The van der Waals surface area contributed by atoms with Gasteiger partial charge in [0.2, 0.25) is 11.8 Å². The second-order valence-corrected chi connectivity index (χ2v) is 6.25. The molecule has 3 N–H and O–H groups in total. The number of likely N-dealkylation sites (tertiary alicyclic amines) is 1. The molecule has 0 radical (unpaired) electrons. The highest BCUT2D eigenvalue weighted by Gasteiger charge is 2.31. The molecule has 0 aromatic carbocycles. The third-order valence-corrected chi connectivity index (χ3v) is 4.83. The van der Waals surface area contributed by atoms with Crippen molar-refractivity contribution in [1.82, 2.24) is 10.2 Å². The van der Waals surface area contributed by atoms with E-state index in [-0.39, 0.29) is 23.8 Å². The average molecular weight is 281 g/mol. The van der Waals surface area contributed by atoms with Crippen LogP contribution in [0, 0.1) is 11.8 Å². The third kappa shape index (κ3) is 3.72. The SMILES string of the molecule is CN1CCC(C(=O)NC(CN)C2CCCCC2)CC1=O. The van der Waals surface area contributed by atoms with Gasteiger partial charge in [0, 0.05) is 38.5 Å². The lowest BCUT2D eigenvalue weighted by Gasteiger charge is -2.33. The summed E-state index contributed by atoms with van der Waals surface area (Å²) in [5.41, 5.74) is 5.84. The molecular weight excluding hydrogens is 254 g/mol. The van der Waals surface area contributed by atoms with E-state index in [1.54, 1.807) is 11.9 Å². The maximum atomic E-state index is 12.3. The molecule has 2 amide bonds. The van der Waals surface area contributed by atoms with Gasteiger partial charge in [-0.3, -0.25) is 9.59 Å². The standard InChI is InChI=1S/C15H27N3O2/c1-18-8-7-12(9-14(18)19)15(20)17-13(10-16)11-5-3-2-4-6-11/h11-13H,2-10,16H2,1H3,(H,17,20). The number of carbonyl (C=O) groups excluding carboxylic acids is 2. The monoisotopic (exact) mass is 281 g/mol. The highest BCUT2D eigenvalue weighted by atomic mass is 16.2. The fraction of sp³-hybridized carbons (Fsp3) is 0.867. The van der Waals surface area contributed by atoms with Crippen molar-refractivity contribution in [3.63, 3.8) is 0 Å². The van der Waals surface area contributed by atoms with Crippen molar-refractivity contribution >= 4 is 11.8 Å². The summed E-state index contributed by atoms with van der Waals surface area (Å²) in [4.78, 5) is 25.7. The Morgan fingerprint density at radius 3 is 2.65 bits per heavy atom. The van der Waals surface area contributed by atoms with Crippen LogP contribution < -0.4 is 11.1 Å². The van der Waals surface area contributed by atoms with Crippen molar-refractivity contribution in [2.75, 3.05) is 20.1 Å². The molecule has 0 spiro atoms. The molecule has 2 rings (SSSR count). The molecule has 2 fully saturated rings. The molecule has 1 aliphatic carbocycles. The van der Waals surface area contributed by atoms with Gasteiger partial charge in [-0.25, -0.2) is 0 Å². The van der Waals surface area contributed by atoms with Crippen molar-refractivity contribution in [2.24, 2.45) is 17.6 Å². The van der Waals surface area contributed by atoms with Gasteiger partial charge in [0.25, 0.3) is 0 Å². The predicted molar refractivity (Wildman–Crippen MR) is 77.9 cm³/mol. The summed E-state index contributed by atoms with van der Waals surface area (Å²) in [6, 6.07) is 0.0811. The van der Waals surface area contributed by atoms with E-state index in [0.717, 1.165) is 19.3 Å². The molecule has 1 saturated heterocycles. The maximum Gasteiger partial charge on any atom is 0.223 e. The normalized spacial score (nSPS) is 26.4. The molecule has 20 heavy (non-hydrogen) atoms. The van der Waals surface area contributed by atoms with Gasteiger partial charge in [-0.15, -0.1) is 0 Å². The van der Waals surface area contributed by atoms with Gasteiger partial charge >= 0.3 is 0 Å². The lowest BCUT2D eigenvalue weighted by molar-refractivity contribution is -0.139. The summed E-state index contributed by atoms with van der Waals surface area (Å²) in [7, 11) is 1.79. The molecule has 2 unspecified atom stereocenters. The molecule has 0 aromatic rings. The van der Waals surface area contributed by atoms with E-state index >= 15 is 0 Å². The number of piperidine rings is 1. The number of hydrogen-bond acceptors (Lipinski definition) is 3. The first kappa shape index (κ1) is 15.3. The Morgan fingerprint density at radius 1 is 1.35 bits per heavy atom. The van der Waals surface area contributed by atoms with E-state index in [1.165, 1.54) is 19.3 Å². The fourth-order valence-corrected chi connectivity index (χ4v) is 3.37. The quantitative estimate of drug-likeness (QED) is 0.803. The zero-order valence-electron chi connectivity index (χ0n) is 12.4. The topological polar surface area (TPSA) is 75.4 Å². The lowest BCUT2D eigenvalue weighted by Crippen LogP contribution is -2.50. The van der Waals surface area contributed by atoms with E-state index in [9.17, 15) is 9.59 Å². The summed E-state index contributed by atoms with van der Waals surface area (Å²) < 4.78 is 0. The minimum absolute atomic E-state index is 0.0208. The number of amides is 2. The van der Waals surface area contributed by atoms with Crippen LogP contribution >= 0.6 is 0 Å². The second-order valence-electron chi connectivity index (χ2n) is 6.25. The van der Waals surface area contributed by atoms with Crippen LogP contribution in [0.1, 0.15) is 44.9 Å². The van der Waals surface area contributed by atoms with Crippen LogP contribution in [0.25, 0.3) is 0 Å². The Balaban J connectivity index is 1.87. The van der Waals surface area contributed by atoms with Crippen molar-refractivity contribution in [2.45, 2.75) is 51.0 Å². The van der Waals surface area contributed by atoms with E-state index in [1.807, 2.05) is 0 Å². The first-order valence-electron chi connectivity index (χ1n) is 7.86. The first-order valence-corrected chi connectivity index (χ1v) is 7.86. The minimum atomic E-state index is -0.170. The van der Waals surface area contributed by atoms with Crippen LogP contribution in [0.15, 0.2) is 0 Å². The van der Waals surface area contributed by atoms with Crippen LogP contribution in [-0.4, -0.2) is 42.9 Å². The van der Waals surface area contributed by atoms with Crippen molar-refractivity contribution in [3.05, 3.63) is 0 Å². The third-order valence-electron chi connectivity index (χ3n) is 4.83. The number of carbonyl (C=O) groups is 2. The van der Waals surface area contributed by atoms with Crippen LogP contribution in [-0.2, 0) is 9.59 Å². The Bertz CT molecular complexity index is 353. The molecule has 2 atom stereocenters. The molecule has 1 saturated carbocycles. The molecular formula is C15H27N3O2. The molecule has 0 aromatic heterocycles. The first-order chi connectivity index (χ1) is 9.61. The van der Waals surface area contributed by atoms with Crippen LogP contribution in [0.3, 0.4) is 0 Å². The van der Waals surface area contributed by atoms with Crippen LogP contribution in [0.2, 0.25) is 0 Å². The summed E-state index contributed by atoms with van der Waals surface area (Å²) in [5, 5.41) is 3.11. The number of nitrogens with one attached hydrogen (secondary N) is 1. The van der Waals surface area contributed by atoms with Gasteiger partial charge in [-0.05, 0) is 25.2 Å². The lowest BCUT2D eigenvalue weighted by atomic mass is 9.83. The van der Waals surface area contributed by atoms with Gasteiger partial charge in [-0.1, -0.05) is 19.3 Å². The maximum absolute atomic E-state index is 12.3. The van der Waals surface area contributed by atoms with Crippen molar-refractivity contribution in [1.29, 1.82) is 0 Å². The fourth-order valence-electron chi connectivity index (χ4n) is 3.37. The van der Waals surface area contributed by atoms with Crippen molar-refractivity contribution in [3.8, 4) is 0 Å². The smallest absolute Gasteiger partial charge is 0.223 e. The summed E-state index contributed by atoms with van der Waals surface area (Å²) >= 11 is 0. The zero-order chi connectivity index (χ0) is 14.5. The molecule has 5 nitrogen and oxygen atoms in total. The second kappa shape index (κ2) is 7.07. The zero-order valence-corrected chi connectivity index (χ0v) is 12.4. The Labute approximate surface area is 121 Å². The van der Waals surface area contributed by atoms with Crippen LogP contribution in [0.5, 0.6) is 0 Å². The van der Waals surface area contributed by atoms with Crippen LogP contribution in [0.4, 0.5) is 0 Å². The Morgan fingerprint density at radius 2 is 2.05 bits per heavy atom. The van der Waals surface area contributed by atoms with Crippen molar-refractivity contribution < 1.29 is 9.59 Å². The number of nitrogens with zero attached hydrogens (tertiary/aromatic N) is 1. The average Bonchev–Trinajstić information content (AvgIpc) is 2.48. The van der Waals surface area contributed by atoms with Gasteiger partial charge < -0.3 is 16.0 Å². The van der Waals surface area contributed by atoms with E-state index in [2.05, 4.69) is 5.32 Å². The van der Waals surface area contributed by atoms with E-state index < -0.39 is 0 Å². The molecule has 1 aliphatic heterocycles. The molecule has 0 bridgehead atoms. The van der Waals surface area contributed by atoms with Gasteiger partial charge in [-0.2, -0.15) is 0 Å². The number of rotatable bonds is 4. The van der Waals surface area contributed by atoms with Gasteiger partial charge in [0.15, 0.2) is 0 Å². The molecule has 2 aliphatic rings. The summed E-state index contributed by atoms with van der Waals surface area (Å²) in [5.74, 6) is 0.432. The molecule has 114 valence electrons. The van der Waals surface area contributed by atoms with E-state index in [0.29, 0.717) is 25.4 Å². The molecule has 5 heteroatoms. The highest BCUT2D eigenvalue weighted by molar-refractivity contribution is 5.87. The number of nitrogens with two attached hydrogens (primary N) is 1.